The van der Waals surface area contributed by atoms with Gasteiger partial charge in [-0.15, -0.1) is 36.2 Å². The van der Waals surface area contributed by atoms with Crippen molar-refractivity contribution < 1.29 is 9.90 Å². The molecule has 2 rings (SSSR count). The van der Waals surface area contributed by atoms with Crippen molar-refractivity contribution in [1.82, 2.24) is 15.6 Å². The zero-order valence-corrected chi connectivity index (χ0v) is 14.5. The van der Waals surface area contributed by atoms with Crippen LogP contribution in [0.4, 0.5) is 0 Å². The van der Waals surface area contributed by atoms with E-state index in [9.17, 15) is 9.90 Å². The van der Waals surface area contributed by atoms with Crippen LogP contribution in [0.25, 0.3) is 0 Å². The fraction of sp³-hybridized carbons (Fsp3) is 0.692. The Labute approximate surface area is 141 Å². The number of β-amino-alcohol motifs (C(OH)–C–C–N with tert-alkyl or cyclic N) is 1. The number of aliphatic hydroxyl groups excluding tert-OH is 1. The molecule has 21 heavy (non-hydrogen) atoms. The number of carbonyl (C=O) groups excluding carboxylic acids is 1. The number of rotatable bonds is 6. The van der Waals surface area contributed by atoms with Crippen LogP contribution in [-0.4, -0.2) is 41.2 Å². The first-order chi connectivity index (χ1) is 9.15. The Balaban J connectivity index is 0.00000200. The lowest BCUT2D eigenvalue weighted by atomic mass is 10.2. The van der Waals surface area contributed by atoms with Crippen molar-refractivity contribution >= 4 is 42.1 Å². The van der Waals surface area contributed by atoms with Crippen LogP contribution in [0.15, 0.2) is 5.38 Å². The molecule has 1 aromatic rings. The maximum atomic E-state index is 11.7. The predicted molar refractivity (Wildman–Crippen MR) is 89.7 cm³/mol. The van der Waals surface area contributed by atoms with E-state index in [-0.39, 0.29) is 42.9 Å². The van der Waals surface area contributed by atoms with Gasteiger partial charge in [0.25, 0.3) is 0 Å². The Morgan fingerprint density at radius 1 is 1.52 bits per heavy atom. The van der Waals surface area contributed by atoms with E-state index in [1.54, 1.807) is 11.3 Å². The maximum absolute atomic E-state index is 11.7. The predicted octanol–water partition coefficient (Wildman–Crippen LogP) is 1.46. The third-order valence-electron chi connectivity index (χ3n) is 3.21. The molecule has 0 bridgehead atoms. The number of amides is 1. The van der Waals surface area contributed by atoms with Crippen LogP contribution in [0.5, 0.6) is 0 Å². The zero-order chi connectivity index (χ0) is 13.7. The first-order valence-electron chi connectivity index (χ1n) is 6.75. The lowest BCUT2D eigenvalue weighted by molar-refractivity contribution is -0.122. The van der Waals surface area contributed by atoms with Gasteiger partial charge < -0.3 is 15.7 Å². The lowest BCUT2D eigenvalue weighted by Crippen LogP contribution is -2.40. The SMILES string of the molecule is Cc1csc(CCCCNC(=O)C2CC(O)CN2)n1.Cl.Cl. The van der Waals surface area contributed by atoms with Gasteiger partial charge in [0, 0.05) is 24.2 Å². The number of hydrogen-bond acceptors (Lipinski definition) is 5. The van der Waals surface area contributed by atoms with Crippen LogP contribution in [0.2, 0.25) is 0 Å². The minimum atomic E-state index is -0.385. The molecule has 0 saturated carbocycles. The molecule has 0 aliphatic carbocycles. The molecule has 1 saturated heterocycles. The molecule has 0 radical (unpaired) electrons. The van der Waals surface area contributed by atoms with Crippen molar-refractivity contribution in [2.24, 2.45) is 0 Å². The summed E-state index contributed by atoms with van der Waals surface area (Å²) in [4.78, 5) is 16.1. The topological polar surface area (TPSA) is 74.2 Å². The molecule has 3 N–H and O–H groups in total. The highest BCUT2D eigenvalue weighted by atomic mass is 35.5. The summed E-state index contributed by atoms with van der Waals surface area (Å²) in [5.74, 6) is 0.00152. The number of thiazole rings is 1. The molecule has 5 nitrogen and oxygen atoms in total. The Hall–Kier alpha value is -0.400. The molecule has 1 aliphatic rings. The summed E-state index contributed by atoms with van der Waals surface area (Å²) in [5, 5.41) is 18.5. The van der Waals surface area contributed by atoms with Crippen molar-refractivity contribution in [2.75, 3.05) is 13.1 Å². The zero-order valence-electron chi connectivity index (χ0n) is 12.0. The van der Waals surface area contributed by atoms with E-state index in [1.165, 1.54) is 5.01 Å². The molecule has 2 unspecified atom stereocenters. The summed E-state index contributed by atoms with van der Waals surface area (Å²) in [6.45, 7) is 3.21. The summed E-state index contributed by atoms with van der Waals surface area (Å²) in [5.41, 5.74) is 1.08. The average molecular weight is 356 g/mol. The fourth-order valence-electron chi connectivity index (χ4n) is 2.17. The van der Waals surface area contributed by atoms with Crippen LogP contribution < -0.4 is 10.6 Å². The van der Waals surface area contributed by atoms with Gasteiger partial charge in [0.05, 0.1) is 17.2 Å². The lowest BCUT2D eigenvalue weighted by Gasteiger charge is -2.10. The van der Waals surface area contributed by atoms with Gasteiger partial charge in [-0.3, -0.25) is 4.79 Å². The van der Waals surface area contributed by atoms with Crippen molar-refractivity contribution in [3.05, 3.63) is 16.1 Å². The molecule has 1 aliphatic heterocycles. The van der Waals surface area contributed by atoms with Gasteiger partial charge in [0.15, 0.2) is 0 Å². The van der Waals surface area contributed by atoms with Crippen molar-refractivity contribution in [2.45, 2.75) is 44.8 Å². The molecule has 1 fully saturated rings. The third kappa shape index (κ3) is 6.93. The highest BCUT2D eigenvalue weighted by Gasteiger charge is 2.27. The van der Waals surface area contributed by atoms with E-state index in [2.05, 4.69) is 21.0 Å². The molecule has 122 valence electrons. The minimum Gasteiger partial charge on any atom is -0.392 e. The van der Waals surface area contributed by atoms with E-state index < -0.39 is 0 Å². The van der Waals surface area contributed by atoms with E-state index in [0.29, 0.717) is 19.5 Å². The van der Waals surface area contributed by atoms with E-state index in [0.717, 1.165) is 25.0 Å². The summed E-state index contributed by atoms with van der Waals surface area (Å²) >= 11 is 1.70. The quantitative estimate of drug-likeness (QED) is 0.675. The van der Waals surface area contributed by atoms with Gasteiger partial charge in [-0.05, 0) is 32.6 Å². The molecule has 2 heterocycles. The second-order valence-corrected chi connectivity index (χ2v) is 5.92. The van der Waals surface area contributed by atoms with Gasteiger partial charge in [-0.2, -0.15) is 0 Å². The average Bonchev–Trinajstić information content (AvgIpc) is 2.98. The number of carbonyl (C=O) groups is 1. The van der Waals surface area contributed by atoms with Gasteiger partial charge in [-0.1, -0.05) is 0 Å². The first kappa shape index (κ1) is 20.6. The number of hydrogen-bond donors (Lipinski definition) is 3. The maximum Gasteiger partial charge on any atom is 0.237 e. The van der Waals surface area contributed by atoms with Crippen LogP contribution in [-0.2, 0) is 11.2 Å². The molecular weight excluding hydrogens is 333 g/mol. The second-order valence-electron chi connectivity index (χ2n) is 4.98. The molecule has 8 heteroatoms. The van der Waals surface area contributed by atoms with Crippen LogP contribution >= 0.6 is 36.2 Å². The smallest absolute Gasteiger partial charge is 0.237 e. The number of nitrogens with zero attached hydrogens (tertiary/aromatic N) is 1. The molecule has 0 aromatic carbocycles. The number of unbranched alkanes of at least 4 members (excludes halogenated alkanes) is 1. The molecule has 2 atom stereocenters. The van der Waals surface area contributed by atoms with Gasteiger partial charge in [-0.25, -0.2) is 4.98 Å². The van der Waals surface area contributed by atoms with Crippen molar-refractivity contribution in [3.8, 4) is 0 Å². The summed E-state index contributed by atoms with van der Waals surface area (Å²) in [6.07, 6.45) is 3.11. The Bertz CT molecular complexity index is 431. The number of nitrogens with one attached hydrogen (secondary N) is 2. The van der Waals surface area contributed by atoms with Gasteiger partial charge in [0.2, 0.25) is 5.91 Å². The Morgan fingerprint density at radius 3 is 2.86 bits per heavy atom. The van der Waals surface area contributed by atoms with Gasteiger partial charge >= 0.3 is 0 Å². The normalized spacial score (nSPS) is 20.5. The van der Waals surface area contributed by atoms with E-state index in [1.807, 2.05) is 6.92 Å². The monoisotopic (exact) mass is 355 g/mol. The van der Waals surface area contributed by atoms with E-state index in [4.69, 9.17) is 0 Å². The standard InChI is InChI=1S/C13H21N3O2S.2ClH/c1-9-8-19-12(16-9)4-2-3-5-14-13(18)11-6-10(17)7-15-11;;/h8,10-11,15,17H,2-7H2,1H3,(H,14,18);2*1H. The van der Waals surface area contributed by atoms with Crippen LogP contribution in [0.1, 0.15) is 30.0 Å². The minimum absolute atomic E-state index is 0. The largest absolute Gasteiger partial charge is 0.392 e. The number of aromatic nitrogens is 1. The van der Waals surface area contributed by atoms with Crippen LogP contribution in [0, 0.1) is 6.92 Å². The second kappa shape index (κ2) is 10.3. The van der Waals surface area contributed by atoms with Crippen LogP contribution in [0.3, 0.4) is 0 Å². The summed E-state index contributed by atoms with van der Waals surface area (Å²) < 4.78 is 0. The third-order valence-corrected chi connectivity index (χ3v) is 4.23. The number of halogens is 2. The highest BCUT2D eigenvalue weighted by molar-refractivity contribution is 7.09. The molecular formula is C13H23Cl2N3O2S. The molecule has 1 amide bonds. The Morgan fingerprint density at radius 2 is 2.29 bits per heavy atom. The van der Waals surface area contributed by atoms with Crippen molar-refractivity contribution in [1.29, 1.82) is 0 Å². The van der Waals surface area contributed by atoms with Gasteiger partial charge in [0.1, 0.15) is 0 Å². The van der Waals surface area contributed by atoms with Crippen molar-refractivity contribution in [3.63, 3.8) is 0 Å². The first-order valence-corrected chi connectivity index (χ1v) is 7.63. The Kier molecular flexibility index (Phi) is 10.1. The molecule has 0 spiro atoms. The van der Waals surface area contributed by atoms with E-state index >= 15 is 0 Å². The number of aliphatic hydroxyl groups is 1. The highest BCUT2D eigenvalue weighted by Crippen LogP contribution is 2.11. The fourth-order valence-corrected chi connectivity index (χ4v) is 2.99. The molecule has 1 aromatic heterocycles. The number of aryl methyl sites for hydroxylation is 2. The summed E-state index contributed by atoms with van der Waals surface area (Å²) in [6, 6.07) is -0.225. The summed E-state index contributed by atoms with van der Waals surface area (Å²) in [7, 11) is 0.